The molecule has 1 unspecified atom stereocenters. The van der Waals surface area contributed by atoms with Crippen LogP contribution in [0.25, 0.3) is 10.9 Å². The molecule has 1 aliphatic heterocycles. The molecule has 24 heavy (non-hydrogen) atoms. The van der Waals surface area contributed by atoms with Gasteiger partial charge in [0, 0.05) is 19.0 Å². The molecule has 1 aliphatic rings. The van der Waals surface area contributed by atoms with Gasteiger partial charge in [-0.3, -0.25) is 0 Å². The van der Waals surface area contributed by atoms with Gasteiger partial charge in [-0.15, -0.1) is 0 Å². The summed E-state index contributed by atoms with van der Waals surface area (Å²) < 4.78 is 32.1. The molecule has 1 atom stereocenters. The molecule has 0 bridgehead atoms. The molecular weight excluding hydrogens is 312 g/mol. The van der Waals surface area contributed by atoms with E-state index in [1.54, 1.807) is 13.2 Å². The molecule has 1 aromatic carbocycles. The molecule has 0 N–H and O–H groups in total. The van der Waals surface area contributed by atoms with E-state index in [0.29, 0.717) is 17.9 Å². The van der Waals surface area contributed by atoms with Crippen LogP contribution in [0.15, 0.2) is 24.3 Å². The predicted molar refractivity (Wildman–Crippen MR) is 90.6 cm³/mol. The van der Waals surface area contributed by atoms with Crippen LogP contribution in [0.4, 0.5) is 14.6 Å². The molecule has 130 valence electrons. The summed E-state index contributed by atoms with van der Waals surface area (Å²) in [5.74, 6) is 0.206. The van der Waals surface area contributed by atoms with Crippen LogP contribution in [0, 0.1) is 0 Å². The van der Waals surface area contributed by atoms with Gasteiger partial charge in [0.15, 0.2) is 5.82 Å². The third kappa shape index (κ3) is 2.95. The standard InChI is InChI=1S/C18H23F2N3O/c1-3-9-18(12-24-2)10-6-11-23(18)17-13-7-4-5-8-14(13)21-16(22-17)15(19)20/h4-5,7-8,15H,3,6,9-12H2,1-2H3. The monoisotopic (exact) mass is 335 g/mol. The number of rotatable bonds is 6. The lowest BCUT2D eigenvalue weighted by atomic mass is 9.91. The molecule has 1 fully saturated rings. The smallest absolute Gasteiger partial charge is 0.297 e. The Morgan fingerprint density at radius 1 is 1.29 bits per heavy atom. The fraction of sp³-hybridized carbons (Fsp3) is 0.556. The van der Waals surface area contributed by atoms with Gasteiger partial charge in [0.05, 0.1) is 17.7 Å². The summed E-state index contributed by atoms with van der Waals surface area (Å²) in [7, 11) is 1.69. The Kier molecular flexibility index (Phi) is 4.94. The van der Waals surface area contributed by atoms with Crippen molar-refractivity contribution in [3.63, 3.8) is 0 Å². The lowest BCUT2D eigenvalue weighted by Gasteiger charge is -2.39. The van der Waals surface area contributed by atoms with E-state index in [1.165, 1.54) is 0 Å². The largest absolute Gasteiger partial charge is 0.382 e. The number of ether oxygens (including phenoxy) is 1. The van der Waals surface area contributed by atoms with Crippen LogP contribution < -0.4 is 4.90 Å². The van der Waals surface area contributed by atoms with Crippen LogP contribution in [0.5, 0.6) is 0 Å². The van der Waals surface area contributed by atoms with Crippen molar-refractivity contribution in [1.29, 1.82) is 0 Å². The number of methoxy groups -OCH3 is 1. The lowest BCUT2D eigenvalue weighted by Crippen LogP contribution is -2.48. The summed E-state index contributed by atoms with van der Waals surface area (Å²) in [6, 6.07) is 7.37. The molecule has 0 spiro atoms. The van der Waals surface area contributed by atoms with Gasteiger partial charge in [0.25, 0.3) is 6.43 Å². The van der Waals surface area contributed by atoms with E-state index >= 15 is 0 Å². The summed E-state index contributed by atoms with van der Waals surface area (Å²) in [4.78, 5) is 10.5. The third-order valence-electron chi connectivity index (χ3n) is 4.78. The normalized spacial score (nSPS) is 21.1. The Morgan fingerprint density at radius 3 is 2.79 bits per heavy atom. The summed E-state index contributed by atoms with van der Waals surface area (Å²) >= 11 is 0. The van der Waals surface area contributed by atoms with Crippen molar-refractivity contribution in [3.8, 4) is 0 Å². The zero-order valence-electron chi connectivity index (χ0n) is 14.1. The molecule has 0 saturated carbocycles. The lowest BCUT2D eigenvalue weighted by molar-refractivity contribution is 0.126. The molecule has 2 heterocycles. The summed E-state index contributed by atoms with van der Waals surface area (Å²) in [6.45, 7) is 3.51. The first kappa shape index (κ1) is 17.0. The summed E-state index contributed by atoms with van der Waals surface area (Å²) in [5.41, 5.74) is 0.382. The molecule has 0 radical (unpaired) electrons. The topological polar surface area (TPSA) is 38.2 Å². The molecule has 0 amide bonds. The fourth-order valence-corrected chi connectivity index (χ4v) is 3.87. The molecule has 1 saturated heterocycles. The number of aromatic nitrogens is 2. The first-order valence-corrected chi connectivity index (χ1v) is 8.43. The fourth-order valence-electron chi connectivity index (χ4n) is 3.87. The summed E-state index contributed by atoms with van der Waals surface area (Å²) in [6.07, 6.45) is 1.26. The van der Waals surface area contributed by atoms with Gasteiger partial charge in [-0.05, 0) is 31.4 Å². The van der Waals surface area contributed by atoms with E-state index in [0.717, 1.165) is 37.6 Å². The van der Waals surface area contributed by atoms with E-state index in [9.17, 15) is 8.78 Å². The van der Waals surface area contributed by atoms with Crippen molar-refractivity contribution in [1.82, 2.24) is 9.97 Å². The van der Waals surface area contributed by atoms with Crippen LogP contribution in [-0.4, -0.2) is 35.8 Å². The molecule has 4 nitrogen and oxygen atoms in total. The van der Waals surface area contributed by atoms with Crippen molar-refractivity contribution in [2.75, 3.05) is 25.2 Å². The first-order valence-electron chi connectivity index (χ1n) is 8.43. The predicted octanol–water partition coefficient (Wildman–Crippen LogP) is 4.35. The van der Waals surface area contributed by atoms with Crippen LogP contribution in [0.1, 0.15) is 44.9 Å². The van der Waals surface area contributed by atoms with Crippen LogP contribution in [0.3, 0.4) is 0 Å². The quantitative estimate of drug-likeness (QED) is 0.786. The number of hydrogen-bond acceptors (Lipinski definition) is 4. The van der Waals surface area contributed by atoms with E-state index in [1.807, 2.05) is 18.2 Å². The number of para-hydroxylation sites is 1. The van der Waals surface area contributed by atoms with Gasteiger partial charge in [0.2, 0.25) is 0 Å². The van der Waals surface area contributed by atoms with Crippen LogP contribution in [0.2, 0.25) is 0 Å². The average molecular weight is 335 g/mol. The minimum Gasteiger partial charge on any atom is -0.382 e. The molecule has 1 aromatic heterocycles. The van der Waals surface area contributed by atoms with E-state index in [-0.39, 0.29) is 5.54 Å². The Morgan fingerprint density at radius 2 is 2.08 bits per heavy atom. The van der Waals surface area contributed by atoms with Crippen molar-refractivity contribution in [3.05, 3.63) is 30.1 Å². The molecule has 6 heteroatoms. The maximum Gasteiger partial charge on any atom is 0.297 e. The van der Waals surface area contributed by atoms with E-state index in [2.05, 4.69) is 21.8 Å². The molecular formula is C18H23F2N3O. The Balaban J connectivity index is 2.16. The minimum absolute atomic E-state index is 0.181. The molecule has 2 aromatic rings. The van der Waals surface area contributed by atoms with E-state index < -0.39 is 12.2 Å². The maximum atomic E-state index is 13.3. The number of fused-ring (bicyclic) bond motifs is 1. The second-order valence-corrected chi connectivity index (χ2v) is 6.39. The number of anilines is 1. The number of alkyl halides is 2. The van der Waals surface area contributed by atoms with Gasteiger partial charge in [-0.25, -0.2) is 18.7 Å². The van der Waals surface area contributed by atoms with Gasteiger partial charge in [-0.1, -0.05) is 25.5 Å². The van der Waals surface area contributed by atoms with Gasteiger partial charge in [0.1, 0.15) is 5.82 Å². The highest BCUT2D eigenvalue weighted by Gasteiger charge is 2.42. The Labute approximate surface area is 140 Å². The number of benzene rings is 1. The highest BCUT2D eigenvalue weighted by atomic mass is 19.3. The molecule has 0 aliphatic carbocycles. The van der Waals surface area contributed by atoms with Crippen molar-refractivity contribution in [2.24, 2.45) is 0 Å². The van der Waals surface area contributed by atoms with Gasteiger partial charge >= 0.3 is 0 Å². The second-order valence-electron chi connectivity index (χ2n) is 6.39. The van der Waals surface area contributed by atoms with Crippen LogP contribution in [-0.2, 0) is 4.74 Å². The van der Waals surface area contributed by atoms with Crippen molar-refractivity contribution >= 4 is 16.7 Å². The Hall–Kier alpha value is -1.82. The van der Waals surface area contributed by atoms with Gasteiger partial charge < -0.3 is 9.64 Å². The van der Waals surface area contributed by atoms with Crippen molar-refractivity contribution in [2.45, 2.75) is 44.6 Å². The summed E-state index contributed by atoms with van der Waals surface area (Å²) in [5, 5.41) is 0.820. The third-order valence-corrected chi connectivity index (χ3v) is 4.78. The SMILES string of the molecule is CCCC1(COC)CCCN1c1nc(C(F)F)nc2ccccc12. The number of hydrogen-bond donors (Lipinski definition) is 0. The zero-order valence-corrected chi connectivity index (χ0v) is 14.1. The zero-order chi connectivity index (χ0) is 17.2. The highest BCUT2D eigenvalue weighted by Crippen LogP contribution is 2.40. The Bertz CT molecular complexity index is 702. The van der Waals surface area contributed by atoms with E-state index in [4.69, 9.17) is 4.74 Å². The van der Waals surface area contributed by atoms with Gasteiger partial charge in [-0.2, -0.15) is 0 Å². The highest BCUT2D eigenvalue weighted by molar-refractivity contribution is 5.90. The maximum absolute atomic E-state index is 13.3. The number of halogens is 2. The second kappa shape index (κ2) is 6.97. The first-order chi connectivity index (χ1) is 11.6. The minimum atomic E-state index is -2.68. The number of nitrogens with zero attached hydrogens (tertiary/aromatic N) is 3. The average Bonchev–Trinajstić information content (AvgIpc) is 2.97. The van der Waals surface area contributed by atoms with Crippen LogP contribution >= 0.6 is 0 Å². The molecule has 3 rings (SSSR count). The van der Waals surface area contributed by atoms with Crippen molar-refractivity contribution < 1.29 is 13.5 Å².